The first-order chi connectivity index (χ1) is 63.7. The van der Waals surface area contributed by atoms with Crippen molar-refractivity contribution in [2.75, 3.05) is 0 Å². The molecular weight excluding hydrogens is 1550 g/mol. The lowest BCUT2D eigenvalue weighted by atomic mass is 9.79. The summed E-state index contributed by atoms with van der Waals surface area (Å²) in [7, 11) is 0. The van der Waals surface area contributed by atoms with Crippen molar-refractivity contribution in [2.24, 2.45) is 0 Å². The topological polar surface area (TPSA) is 0 Å². The Hall–Kier alpha value is -16.4. The van der Waals surface area contributed by atoms with Crippen LogP contribution in [0.4, 0.5) is 0 Å². The average molecular weight is 1630 g/mol. The minimum atomic E-state index is -0.179. The lowest BCUT2D eigenvalue weighted by Crippen LogP contribution is -2.15. The summed E-state index contributed by atoms with van der Waals surface area (Å²) in [4.78, 5) is 0. The van der Waals surface area contributed by atoms with Crippen molar-refractivity contribution < 1.29 is 0 Å². The Kier molecular flexibility index (Phi) is 17.8. The monoisotopic (exact) mass is 1630 g/mol. The number of hydrogen-bond donors (Lipinski definition) is 0. The molecule has 0 spiro atoms. The standard InChI is InChI=1S/C53H36.2C38H24/c1-53(2)49-30-40(39-22-19-33-11-3-6-14-36(33)27-39)25-26-43(49)46-31-47-48(32-50(46)53)52(42-24-21-35-13-5-8-16-38(35)29-42)45-18-10-9-17-44(45)51(47)41-23-20-34-12-4-7-15-37(34)28-41;1-3-10-25(11-4-1)30-20-18-28-19-21-33-35(27-12-5-2-6-13-27)24-36(34-23-22-32(30)37(28)38(33)34)31-17-9-15-26-14-7-8-16-29(26)31;1-3-10-26(11-4-1)31-19-17-28-18-20-33-35(27-12-5-2-6-13-27)24-36(34-22-21-32(31)37(28)38(33)34)30-16-15-25-9-7-8-14-29(25)23-30/h3-32H,1-2H3;2*1-24H. The molecule has 0 aliphatic heterocycles. The second-order valence-corrected chi connectivity index (χ2v) is 35.5. The number of hydrogen-bond acceptors (Lipinski definition) is 0. The van der Waals surface area contributed by atoms with Gasteiger partial charge in [0.25, 0.3) is 0 Å². The van der Waals surface area contributed by atoms with Gasteiger partial charge in [-0.1, -0.05) is 432 Å². The normalized spacial score (nSPS) is 12.3. The lowest BCUT2D eigenvalue weighted by molar-refractivity contribution is 0.661. The fraction of sp³-hybridized carbons (Fsp3) is 0.0233. The van der Waals surface area contributed by atoms with Crippen LogP contribution in [0.3, 0.4) is 0 Å². The molecule has 1 aliphatic carbocycles. The highest BCUT2D eigenvalue weighted by Crippen LogP contribution is 2.56. The molecule has 0 unspecified atom stereocenters. The second kappa shape index (κ2) is 30.5. The zero-order chi connectivity index (χ0) is 85.4. The van der Waals surface area contributed by atoms with Gasteiger partial charge in [-0.05, 0) is 317 Å². The van der Waals surface area contributed by atoms with Crippen molar-refractivity contribution in [2.45, 2.75) is 19.3 Å². The van der Waals surface area contributed by atoms with E-state index in [0.29, 0.717) is 0 Å². The molecule has 0 bridgehead atoms. The largest absolute Gasteiger partial charge is 0.0622 e. The van der Waals surface area contributed by atoms with Gasteiger partial charge in [0, 0.05) is 5.41 Å². The molecule has 0 saturated carbocycles. The predicted octanol–water partition coefficient (Wildman–Crippen LogP) is 36.2. The first kappa shape index (κ1) is 75.2. The molecule has 0 heterocycles. The number of fused-ring (bicyclic) bond motifs is 10. The summed E-state index contributed by atoms with van der Waals surface area (Å²) in [6, 6.07) is 175. The third kappa shape index (κ3) is 12.6. The quantitative estimate of drug-likeness (QED) is 0.0998. The van der Waals surface area contributed by atoms with E-state index in [1.807, 2.05) is 0 Å². The molecule has 27 rings (SSSR count). The van der Waals surface area contributed by atoms with Gasteiger partial charge in [-0.2, -0.15) is 0 Å². The SMILES string of the molecule is CC1(C)c2cc(-c3ccc4ccccc4c3)ccc2-c2cc3c(-c4ccc5ccccc5c4)c4ccccc4c(-c4ccc5ccccc5c4)c3cc21.c1ccc(-c2ccc3ccc4c(-c5ccccc5)cc(-c5ccc6ccccc6c5)c5ccc2c3c45)cc1.c1ccc(-c2ccc3ccc4c(-c5ccccc5)cc(-c5cccc6ccccc56)c5ccc2c3c45)cc1. The maximum atomic E-state index is 2.54. The van der Waals surface area contributed by atoms with Gasteiger partial charge >= 0.3 is 0 Å². The molecule has 0 radical (unpaired) electrons. The first-order valence-corrected chi connectivity index (χ1v) is 45.1. The molecule has 26 aromatic carbocycles. The van der Waals surface area contributed by atoms with Crippen molar-refractivity contribution in [3.63, 3.8) is 0 Å². The molecule has 0 amide bonds. The lowest BCUT2D eigenvalue weighted by Gasteiger charge is -2.24. The van der Waals surface area contributed by atoms with E-state index < -0.39 is 0 Å². The van der Waals surface area contributed by atoms with Crippen LogP contribution in [-0.2, 0) is 5.41 Å². The second-order valence-electron chi connectivity index (χ2n) is 35.5. The van der Waals surface area contributed by atoms with Gasteiger partial charge in [0.15, 0.2) is 0 Å². The number of benzene rings is 26. The van der Waals surface area contributed by atoms with Crippen LogP contribution in [-0.4, -0.2) is 0 Å². The summed E-state index contributed by atoms with van der Waals surface area (Å²) in [5.41, 5.74) is 28.1. The summed E-state index contributed by atoms with van der Waals surface area (Å²) in [6.07, 6.45) is 0. The van der Waals surface area contributed by atoms with Gasteiger partial charge in [0.1, 0.15) is 0 Å². The Morgan fingerprint density at radius 3 is 0.907 bits per heavy atom. The van der Waals surface area contributed by atoms with Crippen LogP contribution >= 0.6 is 0 Å². The van der Waals surface area contributed by atoms with E-state index in [4.69, 9.17) is 0 Å². The minimum Gasteiger partial charge on any atom is -0.0622 e. The molecular formula is C129H84. The smallest absolute Gasteiger partial charge is 0.0159 e. The highest BCUT2D eigenvalue weighted by atomic mass is 14.4. The third-order valence-electron chi connectivity index (χ3n) is 28.0. The molecule has 0 atom stereocenters. The van der Waals surface area contributed by atoms with Crippen LogP contribution in [0.15, 0.2) is 473 Å². The van der Waals surface area contributed by atoms with Crippen molar-refractivity contribution in [3.05, 3.63) is 484 Å². The molecule has 0 fully saturated rings. The molecule has 0 saturated heterocycles. The fourth-order valence-corrected chi connectivity index (χ4v) is 21.8. The van der Waals surface area contributed by atoms with Crippen molar-refractivity contribution in [3.8, 4) is 111 Å². The Morgan fingerprint density at radius 2 is 0.426 bits per heavy atom. The fourth-order valence-electron chi connectivity index (χ4n) is 21.8. The van der Waals surface area contributed by atoms with Crippen LogP contribution in [0.2, 0.25) is 0 Å². The van der Waals surface area contributed by atoms with Gasteiger partial charge in [0.05, 0.1) is 0 Å². The maximum Gasteiger partial charge on any atom is 0.0159 e. The Labute approximate surface area is 749 Å². The highest BCUT2D eigenvalue weighted by Gasteiger charge is 2.37. The van der Waals surface area contributed by atoms with E-state index in [2.05, 4.69) is 487 Å². The zero-order valence-electron chi connectivity index (χ0n) is 71.5. The Morgan fingerprint density at radius 1 is 0.124 bits per heavy atom. The third-order valence-corrected chi connectivity index (χ3v) is 28.0. The first-order valence-electron chi connectivity index (χ1n) is 45.1. The predicted molar refractivity (Wildman–Crippen MR) is 556 cm³/mol. The molecule has 0 N–H and O–H groups in total. The van der Waals surface area contributed by atoms with Gasteiger partial charge in [-0.3, -0.25) is 0 Å². The van der Waals surface area contributed by atoms with Crippen LogP contribution in [0, 0.1) is 0 Å². The van der Waals surface area contributed by atoms with E-state index in [1.54, 1.807) is 0 Å². The maximum absolute atomic E-state index is 2.54. The summed E-state index contributed by atoms with van der Waals surface area (Å²) in [6.45, 7) is 4.82. The molecule has 1 aliphatic rings. The zero-order valence-corrected chi connectivity index (χ0v) is 71.5. The molecule has 0 heteroatoms. The van der Waals surface area contributed by atoms with Crippen LogP contribution in [0.25, 0.3) is 251 Å². The van der Waals surface area contributed by atoms with Gasteiger partial charge < -0.3 is 0 Å². The molecule has 0 aromatic heterocycles. The van der Waals surface area contributed by atoms with E-state index in [9.17, 15) is 0 Å². The number of rotatable bonds is 9. The molecule has 129 heavy (non-hydrogen) atoms. The Bertz CT molecular complexity index is 8970. The van der Waals surface area contributed by atoms with E-state index in [0.717, 1.165) is 0 Å². The van der Waals surface area contributed by atoms with Gasteiger partial charge in [0.2, 0.25) is 0 Å². The molecule has 26 aromatic rings. The van der Waals surface area contributed by atoms with Crippen LogP contribution < -0.4 is 0 Å². The van der Waals surface area contributed by atoms with E-state index in [-0.39, 0.29) is 5.41 Å². The average Bonchev–Trinajstić information content (AvgIpc) is 1.63. The summed E-state index contributed by atoms with van der Waals surface area (Å²) >= 11 is 0. The van der Waals surface area contributed by atoms with Crippen LogP contribution in [0.5, 0.6) is 0 Å². The molecule has 0 nitrogen and oxygen atoms in total. The molecule has 600 valence electrons. The van der Waals surface area contributed by atoms with Crippen molar-refractivity contribution in [1.82, 2.24) is 0 Å². The van der Waals surface area contributed by atoms with E-state index in [1.165, 1.54) is 262 Å². The minimum absolute atomic E-state index is 0.179. The van der Waals surface area contributed by atoms with E-state index >= 15 is 0 Å². The van der Waals surface area contributed by atoms with Crippen molar-refractivity contribution in [1.29, 1.82) is 0 Å². The van der Waals surface area contributed by atoms with Gasteiger partial charge in [-0.15, -0.1) is 0 Å². The van der Waals surface area contributed by atoms with Crippen LogP contribution in [0.1, 0.15) is 25.0 Å². The van der Waals surface area contributed by atoms with Gasteiger partial charge in [-0.25, -0.2) is 0 Å². The summed E-state index contributed by atoms with van der Waals surface area (Å²) in [5, 5.41) is 33.6. The summed E-state index contributed by atoms with van der Waals surface area (Å²) in [5.74, 6) is 0. The van der Waals surface area contributed by atoms with Crippen molar-refractivity contribution >= 4 is 140 Å². The summed E-state index contributed by atoms with van der Waals surface area (Å²) < 4.78 is 0. The highest BCUT2D eigenvalue weighted by molar-refractivity contribution is 6.33. The Balaban J connectivity index is 0.000000107.